The molecule has 1 aliphatic rings. The largest absolute Gasteiger partial charge is 0.354 e. The molecule has 5 nitrogen and oxygen atoms in total. The summed E-state index contributed by atoms with van der Waals surface area (Å²) >= 11 is 0. The van der Waals surface area contributed by atoms with Crippen molar-refractivity contribution in [3.05, 3.63) is 16.8 Å². The highest BCUT2D eigenvalue weighted by atomic mass is 15.3. The first-order chi connectivity index (χ1) is 9.74. The molecule has 2 rings (SSSR count). The summed E-state index contributed by atoms with van der Waals surface area (Å²) in [5.41, 5.74) is 8.49. The van der Waals surface area contributed by atoms with E-state index < -0.39 is 0 Å². The Morgan fingerprint density at radius 1 is 1.35 bits per heavy atom. The molecule has 1 atom stereocenters. The van der Waals surface area contributed by atoms with Crippen molar-refractivity contribution < 1.29 is 0 Å². The summed E-state index contributed by atoms with van der Waals surface area (Å²) in [6, 6.07) is 2.34. The molecule has 0 aromatic carbocycles. The number of anilines is 1. The highest BCUT2D eigenvalue weighted by Gasteiger charge is 2.24. The third-order valence-electron chi connectivity index (χ3n) is 4.09. The lowest BCUT2D eigenvalue weighted by molar-refractivity contribution is 0.420. The fourth-order valence-electron chi connectivity index (χ4n) is 2.95. The van der Waals surface area contributed by atoms with Gasteiger partial charge in [-0.25, -0.2) is 0 Å². The van der Waals surface area contributed by atoms with E-state index in [1.165, 1.54) is 0 Å². The van der Waals surface area contributed by atoms with Crippen molar-refractivity contribution in [3.63, 3.8) is 0 Å². The molecule has 0 saturated carbocycles. The van der Waals surface area contributed by atoms with Gasteiger partial charge in [-0.05, 0) is 43.7 Å². The van der Waals surface area contributed by atoms with Crippen LogP contribution < -0.4 is 10.6 Å². The van der Waals surface area contributed by atoms with E-state index in [2.05, 4.69) is 35.0 Å². The SMILES string of the molecule is CCc1nnc(N2CCCC(CN)C2)c(C#N)c1CC. The number of hydrogen-bond acceptors (Lipinski definition) is 5. The molecule has 1 aliphatic heterocycles. The molecule has 108 valence electrons. The predicted octanol–water partition coefficient (Wildman–Crippen LogP) is 1.65. The van der Waals surface area contributed by atoms with E-state index >= 15 is 0 Å². The smallest absolute Gasteiger partial charge is 0.169 e. The van der Waals surface area contributed by atoms with Crippen LogP contribution in [0.15, 0.2) is 0 Å². The van der Waals surface area contributed by atoms with Gasteiger partial charge in [0.1, 0.15) is 11.6 Å². The second-order valence-corrected chi connectivity index (χ2v) is 5.33. The zero-order chi connectivity index (χ0) is 14.5. The van der Waals surface area contributed by atoms with Gasteiger partial charge in [0.25, 0.3) is 0 Å². The van der Waals surface area contributed by atoms with Gasteiger partial charge in [0.2, 0.25) is 0 Å². The molecular weight excluding hydrogens is 250 g/mol. The average molecular weight is 273 g/mol. The highest BCUT2D eigenvalue weighted by molar-refractivity contribution is 5.58. The summed E-state index contributed by atoms with van der Waals surface area (Å²) in [4.78, 5) is 2.19. The minimum atomic E-state index is 0.494. The fraction of sp³-hybridized carbons (Fsp3) is 0.667. The van der Waals surface area contributed by atoms with E-state index in [4.69, 9.17) is 5.73 Å². The first kappa shape index (κ1) is 14.7. The summed E-state index contributed by atoms with van der Waals surface area (Å²) in [7, 11) is 0. The van der Waals surface area contributed by atoms with Crippen LogP contribution in [0.4, 0.5) is 5.82 Å². The third-order valence-corrected chi connectivity index (χ3v) is 4.09. The Bertz CT molecular complexity index is 506. The molecule has 20 heavy (non-hydrogen) atoms. The Morgan fingerprint density at radius 2 is 2.15 bits per heavy atom. The Hall–Kier alpha value is -1.67. The molecule has 1 aromatic rings. The summed E-state index contributed by atoms with van der Waals surface area (Å²) < 4.78 is 0. The summed E-state index contributed by atoms with van der Waals surface area (Å²) in [6.07, 6.45) is 3.90. The maximum atomic E-state index is 9.53. The second kappa shape index (κ2) is 6.67. The van der Waals surface area contributed by atoms with Gasteiger partial charge in [-0.15, -0.1) is 5.10 Å². The molecule has 2 heterocycles. The molecule has 1 saturated heterocycles. The van der Waals surface area contributed by atoms with Crippen molar-refractivity contribution in [1.29, 1.82) is 5.26 Å². The molecule has 1 fully saturated rings. The quantitative estimate of drug-likeness (QED) is 0.902. The lowest BCUT2D eigenvalue weighted by Gasteiger charge is -2.33. The second-order valence-electron chi connectivity index (χ2n) is 5.33. The van der Waals surface area contributed by atoms with Crippen LogP contribution in [0, 0.1) is 17.2 Å². The zero-order valence-electron chi connectivity index (χ0n) is 12.4. The fourth-order valence-corrected chi connectivity index (χ4v) is 2.95. The van der Waals surface area contributed by atoms with Crippen LogP contribution in [0.1, 0.15) is 43.5 Å². The standard InChI is InChI=1S/C15H23N5/c1-3-12-13(9-17)15(19-18-14(12)4-2)20-7-5-6-11(8-16)10-20/h11H,3-8,10,16H2,1-2H3. The predicted molar refractivity (Wildman–Crippen MR) is 79.5 cm³/mol. The topological polar surface area (TPSA) is 78.8 Å². The van der Waals surface area contributed by atoms with Crippen LogP contribution in [-0.4, -0.2) is 29.8 Å². The van der Waals surface area contributed by atoms with Crippen molar-refractivity contribution in [2.24, 2.45) is 11.7 Å². The normalized spacial score (nSPS) is 18.9. The zero-order valence-corrected chi connectivity index (χ0v) is 12.4. The third kappa shape index (κ3) is 2.75. The van der Waals surface area contributed by atoms with Gasteiger partial charge in [-0.1, -0.05) is 13.8 Å². The van der Waals surface area contributed by atoms with Gasteiger partial charge >= 0.3 is 0 Å². The summed E-state index contributed by atoms with van der Waals surface area (Å²) in [6.45, 7) is 6.64. The van der Waals surface area contributed by atoms with Crippen LogP contribution in [-0.2, 0) is 12.8 Å². The average Bonchev–Trinajstić information content (AvgIpc) is 2.53. The molecule has 5 heteroatoms. The number of aryl methyl sites for hydroxylation is 1. The van der Waals surface area contributed by atoms with Crippen molar-refractivity contribution in [2.75, 3.05) is 24.5 Å². The number of nitrogens with zero attached hydrogens (tertiary/aromatic N) is 4. The van der Waals surface area contributed by atoms with E-state index in [0.717, 1.165) is 55.8 Å². The Labute approximate surface area is 120 Å². The van der Waals surface area contributed by atoms with Crippen LogP contribution >= 0.6 is 0 Å². The van der Waals surface area contributed by atoms with Crippen molar-refractivity contribution in [2.45, 2.75) is 39.5 Å². The summed E-state index contributed by atoms with van der Waals surface area (Å²) in [5.74, 6) is 1.24. The van der Waals surface area contributed by atoms with E-state index in [1.54, 1.807) is 0 Å². The van der Waals surface area contributed by atoms with E-state index in [0.29, 0.717) is 18.0 Å². The molecule has 0 aliphatic carbocycles. The Kier molecular flexibility index (Phi) is 4.91. The molecule has 1 unspecified atom stereocenters. The maximum Gasteiger partial charge on any atom is 0.169 e. The van der Waals surface area contributed by atoms with Crippen molar-refractivity contribution in [1.82, 2.24) is 10.2 Å². The van der Waals surface area contributed by atoms with Crippen molar-refractivity contribution in [3.8, 4) is 6.07 Å². The Morgan fingerprint density at radius 3 is 2.75 bits per heavy atom. The van der Waals surface area contributed by atoms with Crippen LogP contribution in [0.25, 0.3) is 0 Å². The summed E-state index contributed by atoms with van der Waals surface area (Å²) in [5, 5.41) is 18.2. The molecule has 0 spiro atoms. The number of nitriles is 1. The highest BCUT2D eigenvalue weighted by Crippen LogP contribution is 2.27. The lowest BCUT2D eigenvalue weighted by Crippen LogP contribution is -2.39. The molecule has 0 radical (unpaired) electrons. The number of rotatable bonds is 4. The first-order valence-electron chi connectivity index (χ1n) is 7.48. The van der Waals surface area contributed by atoms with Gasteiger partial charge in [0.15, 0.2) is 5.82 Å². The minimum Gasteiger partial charge on any atom is -0.354 e. The lowest BCUT2D eigenvalue weighted by atomic mass is 9.97. The molecule has 0 amide bonds. The first-order valence-corrected chi connectivity index (χ1v) is 7.48. The van der Waals surface area contributed by atoms with Gasteiger partial charge in [-0.3, -0.25) is 0 Å². The number of piperidine rings is 1. The van der Waals surface area contributed by atoms with E-state index in [-0.39, 0.29) is 0 Å². The number of aromatic nitrogens is 2. The molecular formula is C15H23N5. The van der Waals surface area contributed by atoms with Gasteiger partial charge in [-0.2, -0.15) is 10.4 Å². The monoisotopic (exact) mass is 273 g/mol. The van der Waals surface area contributed by atoms with Crippen LogP contribution in [0.3, 0.4) is 0 Å². The molecule has 1 aromatic heterocycles. The van der Waals surface area contributed by atoms with Crippen molar-refractivity contribution >= 4 is 5.82 Å². The number of hydrogen-bond donors (Lipinski definition) is 1. The minimum absolute atomic E-state index is 0.494. The van der Waals surface area contributed by atoms with Crippen LogP contribution in [0.2, 0.25) is 0 Å². The molecule has 2 N–H and O–H groups in total. The maximum absolute atomic E-state index is 9.53. The van der Waals surface area contributed by atoms with Crippen LogP contribution in [0.5, 0.6) is 0 Å². The van der Waals surface area contributed by atoms with E-state index in [1.807, 2.05) is 0 Å². The van der Waals surface area contributed by atoms with Gasteiger partial charge in [0.05, 0.1) is 5.69 Å². The molecule has 0 bridgehead atoms. The van der Waals surface area contributed by atoms with E-state index in [9.17, 15) is 5.26 Å². The van der Waals surface area contributed by atoms with Gasteiger partial charge in [0, 0.05) is 13.1 Å². The Balaban J connectivity index is 2.39. The number of nitrogens with two attached hydrogens (primary N) is 1. The van der Waals surface area contributed by atoms with Gasteiger partial charge < -0.3 is 10.6 Å².